The summed E-state index contributed by atoms with van der Waals surface area (Å²) in [5.41, 5.74) is 4.42. The van der Waals surface area contributed by atoms with E-state index >= 15 is 0 Å². The Labute approximate surface area is 134 Å². The first-order chi connectivity index (χ1) is 11.2. The average Bonchev–Trinajstić information content (AvgIpc) is 3.02. The molecular weight excluding hydrogens is 286 g/mol. The van der Waals surface area contributed by atoms with Gasteiger partial charge in [-0.2, -0.15) is 9.78 Å². The molecular formula is C19H17N3O. The number of aromatic nitrogens is 2. The molecule has 3 aromatic rings. The summed E-state index contributed by atoms with van der Waals surface area (Å²) in [6.45, 7) is 1.80. The molecule has 2 aromatic carbocycles. The van der Waals surface area contributed by atoms with Crippen LogP contribution in [0.4, 0.5) is 0 Å². The Kier molecular flexibility index (Phi) is 3.30. The number of hydrogen-bond donors (Lipinski definition) is 0. The highest BCUT2D eigenvalue weighted by Gasteiger charge is 2.10. The van der Waals surface area contributed by atoms with Crippen molar-refractivity contribution in [2.75, 3.05) is 0 Å². The first-order valence-corrected chi connectivity index (χ1v) is 7.87. The summed E-state index contributed by atoms with van der Waals surface area (Å²) in [5, 5.41) is 4.96. The van der Waals surface area contributed by atoms with Gasteiger partial charge in [0.05, 0.1) is 17.1 Å². The van der Waals surface area contributed by atoms with E-state index in [1.54, 1.807) is 19.2 Å². The zero-order valence-electron chi connectivity index (χ0n) is 13.0. The zero-order chi connectivity index (χ0) is 15.8. The van der Waals surface area contributed by atoms with E-state index in [1.807, 2.05) is 18.2 Å². The van der Waals surface area contributed by atoms with Crippen molar-refractivity contribution in [3.8, 4) is 0 Å². The van der Waals surface area contributed by atoms with Crippen LogP contribution in [0.1, 0.15) is 28.9 Å². The van der Waals surface area contributed by atoms with Crippen molar-refractivity contribution in [2.45, 2.75) is 26.2 Å². The third-order valence-corrected chi connectivity index (χ3v) is 4.36. The Morgan fingerprint density at radius 1 is 1.13 bits per heavy atom. The van der Waals surface area contributed by atoms with E-state index < -0.39 is 0 Å². The van der Waals surface area contributed by atoms with Crippen molar-refractivity contribution in [3.63, 3.8) is 0 Å². The Morgan fingerprint density at radius 2 is 1.96 bits per heavy atom. The number of rotatable bonds is 2. The smallest absolute Gasteiger partial charge is 0.267 e. The lowest BCUT2D eigenvalue weighted by Gasteiger charge is -2.05. The molecule has 1 heterocycles. The van der Waals surface area contributed by atoms with Crippen LogP contribution in [0.2, 0.25) is 0 Å². The standard InChI is InChI=1S/C19H17N3O/c1-13-21-18-8-3-2-7-17(18)19(23)22(13)20-12-14-9-10-15-5-4-6-16(15)11-14/h2-3,7-12H,4-6H2,1H3. The SMILES string of the molecule is Cc1nc2ccccc2c(=O)n1N=Cc1ccc2c(c1)CCC2. The van der Waals surface area contributed by atoms with E-state index in [4.69, 9.17) is 0 Å². The van der Waals surface area contributed by atoms with Gasteiger partial charge < -0.3 is 0 Å². The van der Waals surface area contributed by atoms with Gasteiger partial charge in [-0.3, -0.25) is 4.79 Å². The number of para-hydroxylation sites is 1. The summed E-state index contributed by atoms with van der Waals surface area (Å²) >= 11 is 0. The highest BCUT2D eigenvalue weighted by molar-refractivity contribution is 5.81. The molecule has 0 amide bonds. The number of fused-ring (bicyclic) bond motifs is 2. The molecule has 0 saturated heterocycles. The Balaban J connectivity index is 1.76. The number of aryl methyl sites for hydroxylation is 3. The molecule has 23 heavy (non-hydrogen) atoms. The van der Waals surface area contributed by atoms with Gasteiger partial charge in [0.25, 0.3) is 5.56 Å². The normalized spacial score (nSPS) is 13.8. The van der Waals surface area contributed by atoms with E-state index in [2.05, 4.69) is 28.3 Å². The van der Waals surface area contributed by atoms with Crippen LogP contribution in [0.25, 0.3) is 10.9 Å². The zero-order valence-corrected chi connectivity index (χ0v) is 13.0. The maximum absolute atomic E-state index is 12.6. The lowest BCUT2D eigenvalue weighted by Crippen LogP contribution is -2.20. The average molecular weight is 303 g/mol. The van der Waals surface area contributed by atoms with Crippen molar-refractivity contribution >= 4 is 17.1 Å². The third kappa shape index (κ3) is 2.46. The Morgan fingerprint density at radius 3 is 2.87 bits per heavy atom. The molecule has 0 saturated carbocycles. The number of hydrogen-bond acceptors (Lipinski definition) is 3. The molecule has 0 N–H and O–H groups in total. The van der Waals surface area contributed by atoms with Gasteiger partial charge >= 0.3 is 0 Å². The van der Waals surface area contributed by atoms with Crippen LogP contribution < -0.4 is 5.56 Å². The summed E-state index contributed by atoms with van der Waals surface area (Å²) in [6, 6.07) is 13.7. The lowest BCUT2D eigenvalue weighted by molar-refractivity contribution is 0.771. The van der Waals surface area contributed by atoms with Gasteiger partial charge in [0.2, 0.25) is 0 Å². The van der Waals surface area contributed by atoms with Crippen molar-refractivity contribution < 1.29 is 0 Å². The van der Waals surface area contributed by atoms with Crippen molar-refractivity contribution in [1.82, 2.24) is 9.66 Å². The molecule has 0 unspecified atom stereocenters. The first-order valence-electron chi connectivity index (χ1n) is 7.87. The molecule has 1 aromatic heterocycles. The van der Waals surface area contributed by atoms with Gasteiger partial charge in [-0.25, -0.2) is 4.98 Å². The van der Waals surface area contributed by atoms with Crippen LogP contribution >= 0.6 is 0 Å². The van der Waals surface area contributed by atoms with E-state index in [-0.39, 0.29) is 5.56 Å². The number of nitrogens with zero attached hydrogens (tertiary/aromatic N) is 3. The van der Waals surface area contributed by atoms with E-state index in [0.29, 0.717) is 16.7 Å². The summed E-state index contributed by atoms with van der Waals surface area (Å²) in [4.78, 5) is 17.0. The second-order valence-electron chi connectivity index (χ2n) is 5.92. The first kappa shape index (κ1) is 13.9. The molecule has 0 radical (unpaired) electrons. The fraction of sp³-hybridized carbons (Fsp3) is 0.211. The summed E-state index contributed by atoms with van der Waals surface area (Å²) < 4.78 is 1.37. The predicted molar refractivity (Wildman–Crippen MR) is 92.2 cm³/mol. The molecule has 4 rings (SSSR count). The minimum Gasteiger partial charge on any atom is -0.267 e. The summed E-state index contributed by atoms with van der Waals surface area (Å²) in [5.74, 6) is 0.589. The van der Waals surface area contributed by atoms with Crippen LogP contribution in [-0.2, 0) is 12.8 Å². The van der Waals surface area contributed by atoms with Gasteiger partial charge in [0.15, 0.2) is 0 Å². The van der Waals surface area contributed by atoms with Crippen molar-refractivity contribution in [2.24, 2.45) is 5.10 Å². The van der Waals surface area contributed by atoms with Crippen LogP contribution in [0, 0.1) is 6.92 Å². The van der Waals surface area contributed by atoms with Gasteiger partial charge in [0, 0.05) is 0 Å². The van der Waals surface area contributed by atoms with Crippen LogP contribution in [-0.4, -0.2) is 15.9 Å². The molecule has 0 aliphatic heterocycles. The largest absolute Gasteiger partial charge is 0.282 e. The molecule has 1 aliphatic carbocycles. The monoisotopic (exact) mass is 303 g/mol. The maximum Gasteiger partial charge on any atom is 0.282 e. The topological polar surface area (TPSA) is 47.2 Å². The van der Waals surface area contributed by atoms with Crippen molar-refractivity contribution in [1.29, 1.82) is 0 Å². The molecule has 0 fully saturated rings. The molecule has 0 atom stereocenters. The summed E-state index contributed by atoms with van der Waals surface area (Å²) in [7, 11) is 0. The minimum atomic E-state index is -0.134. The van der Waals surface area contributed by atoms with Gasteiger partial charge in [-0.15, -0.1) is 0 Å². The molecule has 4 heteroatoms. The van der Waals surface area contributed by atoms with Crippen LogP contribution in [0.15, 0.2) is 52.4 Å². The van der Waals surface area contributed by atoms with Gasteiger partial charge in [-0.1, -0.05) is 24.3 Å². The van der Waals surface area contributed by atoms with E-state index in [9.17, 15) is 4.79 Å². The molecule has 114 valence electrons. The molecule has 0 bridgehead atoms. The van der Waals surface area contributed by atoms with E-state index in [1.165, 1.54) is 28.6 Å². The summed E-state index contributed by atoms with van der Waals surface area (Å²) in [6.07, 6.45) is 5.26. The quantitative estimate of drug-likeness (QED) is 0.683. The Bertz CT molecular complexity index is 986. The van der Waals surface area contributed by atoms with Crippen molar-refractivity contribution in [3.05, 3.63) is 75.3 Å². The second kappa shape index (κ2) is 5.47. The second-order valence-corrected chi connectivity index (χ2v) is 5.92. The molecule has 4 nitrogen and oxygen atoms in total. The fourth-order valence-corrected chi connectivity index (χ4v) is 3.17. The van der Waals surface area contributed by atoms with Crippen LogP contribution in [0.5, 0.6) is 0 Å². The van der Waals surface area contributed by atoms with E-state index in [0.717, 1.165) is 12.0 Å². The third-order valence-electron chi connectivity index (χ3n) is 4.36. The Hall–Kier alpha value is -2.75. The lowest BCUT2D eigenvalue weighted by atomic mass is 10.1. The van der Waals surface area contributed by atoms with Crippen LogP contribution in [0.3, 0.4) is 0 Å². The highest BCUT2D eigenvalue weighted by atomic mass is 16.1. The maximum atomic E-state index is 12.6. The predicted octanol–water partition coefficient (Wildman–Crippen LogP) is 3.08. The molecule has 0 spiro atoms. The number of benzene rings is 2. The van der Waals surface area contributed by atoms with Gasteiger partial charge in [0.1, 0.15) is 5.82 Å². The minimum absolute atomic E-state index is 0.134. The highest BCUT2D eigenvalue weighted by Crippen LogP contribution is 2.22. The fourth-order valence-electron chi connectivity index (χ4n) is 3.17. The van der Waals surface area contributed by atoms with Gasteiger partial charge in [-0.05, 0) is 61.1 Å². The molecule has 1 aliphatic rings.